The van der Waals surface area contributed by atoms with Crippen LogP contribution in [0.2, 0.25) is 0 Å². The highest BCUT2D eigenvalue weighted by Crippen LogP contribution is 2.18. The van der Waals surface area contributed by atoms with E-state index in [4.69, 9.17) is 10.5 Å². The number of carbonyl (C=O) groups is 1. The van der Waals surface area contributed by atoms with Gasteiger partial charge in [-0.05, 0) is 12.3 Å². The van der Waals surface area contributed by atoms with E-state index in [0.717, 1.165) is 26.1 Å². The van der Waals surface area contributed by atoms with Crippen molar-refractivity contribution in [1.82, 2.24) is 4.90 Å². The summed E-state index contributed by atoms with van der Waals surface area (Å²) in [6.07, 6.45) is 1.03. The van der Waals surface area contributed by atoms with Gasteiger partial charge in [0.2, 0.25) is 5.91 Å². The number of amides is 1. The lowest BCUT2D eigenvalue weighted by Gasteiger charge is -2.23. The zero-order chi connectivity index (χ0) is 11.4. The standard InChI is InChI=1S/C11H22N2O2.ClH/c1-8(2)10(12)11(14)13-5-4-9(6-13)7-15-3;/h8-10H,4-7,12H2,1-3H3;1H/t9?,10-;/m0./s1. The van der Waals surface area contributed by atoms with Gasteiger partial charge in [-0.1, -0.05) is 13.8 Å². The molecule has 0 aromatic carbocycles. The Morgan fingerprint density at radius 3 is 2.69 bits per heavy atom. The molecule has 0 saturated carbocycles. The molecule has 1 aliphatic heterocycles. The summed E-state index contributed by atoms with van der Waals surface area (Å²) >= 11 is 0. The largest absolute Gasteiger partial charge is 0.384 e. The molecule has 0 aromatic rings. The summed E-state index contributed by atoms with van der Waals surface area (Å²) in [5.41, 5.74) is 5.84. The van der Waals surface area contributed by atoms with Crippen LogP contribution in [0.4, 0.5) is 0 Å². The first-order valence-corrected chi connectivity index (χ1v) is 5.59. The third kappa shape index (κ3) is 3.92. The van der Waals surface area contributed by atoms with E-state index in [1.54, 1.807) is 7.11 Å². The Labute approximate surface area is 104 Å². The first-order valence-electron chi connectivity index (χ1n) is 5.59. The molecule has 1 heterocycles. The van der Waals surface area contributed by atoms with Gasteiger partial charge in [-0.3, -0.25) is 4.79 Å². The molecule has 1 amide bonds. The summed E-state index contributed by atoms with van der Waals surface area (Å²) in [6.45, 7) is 6.32. The Morgan fingerprint density at radius 2 is 2.19 bits per heavy atom. The van der Waals surface area contributed by atoms with Crippen molar-refractivity contribution < 1.29 is 9.53 Å². The number of ether oxygens (including phenoxy) is 1. The molecule has 16 heavy (non-hydrogen) atoms. The quantitative estimate of drug-likeness (QED) is 0.806. The van der Waals surface area contributed by atoms with Crippen LogP contribution in [0.15, 0.2) is 0 Å². The minimum Gasteiger partial charge on any atom is -0.384 e. The summed E-state index contributed by atoms with van der Waals surface area (Å²) in [4.78, 5) is 13.8. The summed E-state index contributed by atoms with van der Waals surface area (Å²) in [7, 11) is 1.70. The topological polar surface area (TPSA) is 55.6 Å². The lowest BCUT2D eigenvalue weighted by Crippen LogP contribution is -2.45. The second kappa shape index (κ2) is 7.09. The van der Waals surface area contributed by atoms with Gasteiger partial charge in [-0.2, -0.15) is 0 Å². The fourth-order valence-corrected chi connectivity index (χ4v) is 1.90. The van der Waals surface area contributed by atoms with Crippen LogP contribution in [0.3, 0.4) is 0 Å². The first kappa shape index (κ1) is 15.7. The van der Waals surface area contributed by atoms with E-state index >= 15 is 0 Å². The molecule has 0 radical (unpaired) electrons. The van der Waals surface area contributed by atoms with Gasteiger partial charge in [0.15, 0.2) is 0 Å². The number of nitrogens with zero attached hydrogens (tertiary/aromatic N) is 1. The van der Waals surface area contributed by atoms with Gasteiger partial charge >= 0.3 is 0 Å². The maximum absolute atomic E-state index is 11.9. The molecule has 1 unspecified atom stereocenters. The minimum absolute atomic E-state index is 0. The van der Waals surface area contributed by atoms with Crippen molar-refractivity contribution in [1.29, 1.82) is 0 Å². The lowest BCUT2D eigenvalue weighted by molar-refractivity contribution is -0.132. The molecular weight excluding hydrogens is 228 g/mol. The van der Waals surface area contributed by atoms with Crippen LogP contribution in [0.5, 0.6) is 0 Å². The number of rotatable bonds is 4. The molecule has 0 aliphatic carbocycles. The van der Waals surface area contributed by atoms with Gasteiger partial charge in [-0.15, -0.1) is 12.4 Å². The lowest BCUT2D eigenvalue weighted by atomic mass is 10.0. The Morgan fingerprint density at radius 1 is 1.56 bits per heavy atom. The van der Waals surface area contributed by atoms with E-state index in [1.165, 1.54) is 0 Å². The monoisotopic (exact) mass is 250 g/mol. The second-order valence-corrected chi connectivity index (χ2v) is 4.66. The van der Waals surface area contributed by atoms with Gasteiger partial charge in [0.1, 0.15) is 0 Å². The van der Waals surface area contributed by atoms with Gasteiger partial charge in [-0.25, -0.2) is 0 Å². The normalized spacial score (nSPS) is 22.1. The fraction of sp³-hybridized carbons (Fsp3) is 0.909. The van der Waals surface area contributed by atoms with Gasteiger partial charge in [0, 0.05) is 26.1 Å². The van der Waals surface area contributed by atoms with E-state index < -0.39 is 0 Å². The summed E-state index contributed by atoms with van der Waals surface area (Å²) in [6, 6.07) is -0.355. The molecule has 5 heteroatoms. The number of halogens is 1. The number of likely N-dealkylation sites (tertiary alicyclic amines) is 1. The molecule has 4 nitrogen and oxygen atoms in total. The van der Waals surface area contributed by atoms with E-state index in [0.29, 0.717) is 5.92 Å². The molecule has 2 atom stereocenters. The Bertz CT molecular complexity index is 224. The molecule has 2 N–H and O–H groups in total. The predicted octanol–water partition coefficient (Wildman–Crippen LogP) is 0.886. The van der Waals surface area contributed by atoms with Crippen LogP contribution in [0.25, 0.3) is 0 Å². The van der Waals surface area contributed by atoms with Crippen LogP contribution >= 0.6 is 12.4 Å². The maximum atomic E-state index is 11.9. The van der Waals surface area contributed by atoms with Crippen molar-refractivity contribution in [2.45, 2.75) is 26.3 Å². The maximum Gasteiger partial charge on any atom is 0.239 e. The third-order valence-electron chi connectivity index (χ3n) is 3.00. The van der Waals surface area contributed by atoms with E-state index in [9.17, 15) is 4.79 Å². The number of hydrogen-bond acceptors (Lipinski definition) is 3. The van der Waals surface area contributed by atoms with Crippen molar-refractivity contribution in [2.75, 3.05) is 26.8 Å². The molecule has 1 saturated heterocycles. The zero-order valence-corrected chi connectivity index (χ0v) is 11.1. The molecule has 96 valence electrons. The Hall–Kier alpha value is -0.320. The third-order valence-corrected chi connectivity index (χ3v) is 3.00. The van der Waals surface area contributed by atoms with E-state index in [1.807, 2.05) is 18.7 Å². The Kier molecular flexibility index (Phi) is 6.95. The molecular formula is C11H23ClN2O2. The number of carbonyl (C=O) groups excluding carboxylic acids is 1. The van der Waals surface area contributed by atoms with Gasteiger partial charge in [0.25, 0.3) is 0 Å². The summed E-state index contributed by atoms with van der Waals surface area (Å²) in [5.74, 6) is 0.779. The van der Waals surface area contributed by atoms with E-state index in [2.05, 4.69) is 0 Å². The van der Waals surface area contributed by atoms with Crippen LogP contribution in [-0.4, -0.2) is 43.7 Å². The van der Waals surface area contributed by atoms with Crippen LogP contribution in [-0.2, 0) is 9.53 Å². The summed E-state index contributed by atoms with van der Waals surface area (Å²) in [5, 5.41) is 0. The molecule has 1 aliphatic rings. The summed E-state index contributed by atoms with van der Waals surface area (Å²) < 4.78 is 5.09. The van der Waals surface area contributed by atoms with E-state index in [-0.39, 0.29) is 30.3 Å². The average Bonchev–Trinajstić information content (AvgIpc) is 2.64. The molecule has 1 fully saturated rings. The SMILES string of the molecule is COCC1CCN(C(=O)[C@@H](N)C(C)C)C1.Cl. The Balaban J connectivity index is 0.00000225. The first-order chi connectivity index (χ1) is 7.06. The molecule has 0 aromatic heterocycles. The number of methoxy groups -OCH3 is 1. The van der Waals surface area contributed by atoms with Gasteiger partial charge < -0.3 is 15.4 Å². The van der Waals surface area contributed by atoms with Crippen molar-refractivity contribution >= 4 is 18.3 Å². The van der Waals surface area contributed by atoms with Gasteiger partial charge in [0.05, 0.1) is 12.6 Å². The average molecular weight is 251 g/mol. The zero-order valence-electron chi connectivity index (χ0n) is 10.3. The molecule has 1 rings (SSSR count). The number of nitrogens with two attached hydrogens (primary N) is 1. The van der Waals surface area contributed by atoms with Crippen molar-refractivity contribution in [2.24, 2.45) is 17.6 Å². The number of hydrogen-bond donors (Lipinski definition) is 1. The fourth-order valence-electron chi connectivity index (χ4n) is 1.90. The van der Waals surface area contributed by atoms with Crippen molar-refractivity contribution in [3.63, 3.8) is 0 Å². The van der Waals surface area contributed by atoms with Crippen molar-refractivity contribution in [3.05, 3.63) is 0 Å². The smallest absolute Gasteiger partial charge is 0.239 e. The highest BCUT2D eigenvalue weighted by Gasteiger charge is 2.30. The molecule has 0 spiro atoms. The van der Waals surface area contributed by atoms with Crippen molar-refractivity contribution in [3.8, 4) is 0 Å². The molecule has 0 bridgehead atoms. The van der Waals surface area contributed by atoms with Crippen LogP contribution in [0.1, 0.15) is 20.3 Å². The highest BCUT2D eigenvalue weighted by molar-refractivity contribution is 5.85. The minimum atomic E-state index is -0.355. The second-order valence-electron chi connectivity index (χ2n) is 4.66. The highest BCUT2D eigenvalue weighted by atomic mass is 35.5. The van der Waals surface area contributed by atoms with Crippen LogP contribution < -0.4 is 5.73 Å². The predicted molar refractivity (Wildman–Crippen MR) is 66.6 cm³/mol. The van der Waals surface area contributed by atoms with Crippen LogP contribution in [0, 0.1) is 11.8 Å².